The number of allylic oxidation sites excluding steroid dienone is 2. The number of rotatable bonds is 6. The van der Waals surface area contributed by atoms with Crippen LogP contribution in [0.2, 0.25) is 0 Å². The zero-order chi connectivity index (χ0) is 20.1. The zero-order valence-corrected chi connectivity index (χ0v) is 17.0. The molecule has 5 heteroatoms. The predicted octanol–water partition coefficient (Wildman–Crippen LogP) is 3.18. The van der Waals surface area contributed by atoms with E-state index >= 15 is 0 Å². The molecule has 1 aromatic carbocycles. The number of nitrogens with zero attached hydrogens (tertiary/aromatic N) is 1. The van der Waals surface area contributed by atoms with Crippen LogP contribution in [-0.4, -0.2) is 49.1 Å². The maximum Gasteiger partial charge on any atom is 0.315 e. The van der Waals surface area contributed by atoms with Crippen LogP contribution in [0.15, 0.2) is 48.1 Å². The van der Waals surface area contributed by atoms with Crippen molar-refractivity contribution in [3.63, 3.8) is 0 Å². The van der Waals surface area contributed by atoms with Crippen molar-refractivity contribution in [2.24, 2.45) is 5.41 Å². The van der Waals surface area contributed by atoms with E-state index in [0.29, 0.717) is 13.0 Å². The maximum atomic E-state index is 12.6. The van der Waals surface area contributed by atoms with E-state index in [1.807, 2.05) is 38.1 Å². The van der Waals surface area contributed by atoms with E-state index in [1.54, 1.807) is 6.92 Å². The lowest BCUT2D eigenvalue weighted by molar-refractivity contribution is -0.151. The monoisotopic (exact) mass is 382 g/mol. The molecule has 1 aliphatic carbocycles. The van der Waals surface area contributed by atoms with Crippen LogP contribution in [0.3, 0.4) is 0 Å². The first-order valence-electron chi connectivity index (χ1n) is 10.0. The van der Waals surface area contributed by atoms with Gasteiger partial charge in [0.2, 0.25) is 5.91 Å². The summed E-state index contributed by atoms with van der Waals surface area (Å²) in [5.41, 5.74) is 2.95. The van der Waals surface area contributed by atoms with E-state index in [4.69, 9.17) is 4.74 Å². The standard InChI is InChI=1S/C23H30N2O3/c1-4-28-22(27)23(3)12-10-21(18-8-6-5-7-9-18)19(14-23)15-25-13-11-20(16-25)24-17(2)26/h5-10,12,20H,4,11,13-16H2,1-3H3,(H,24,26). The second-order valence-corrected chi connectivity index (χ2v) is 7.95. The molecule has 150 valence electrons. The highest BCUT2D eigenvalue weighted by Gasteiger charge is 2.37. The van der Waals surface area contributed by atoms with Crippen molar-refractivity contribution in [2.45, 2.75) is 39.7 Å². The number of benzene rings is 1. The second kappa shape index (κ2) is 8.74. The predicted molar refractivity (Wildman–Crippen MR) is 111 cm³/mol. The van der Waals surface area contributed by atoms with Crippen molar-refractivity contribution < 1.29 is 14.3 Å². The first kappa shape index (κ1) is 20.3. The summed E-state index contributed by atoms with van der Waals surface area (Å²) < 4.78 is 5.33. The number of esters is 1. The molecule has 2 atom stereocenters. The quantitative estimate of drug-likeness (QED) is 0.768. The van der Waals surface area contributed by atoms with Gasteiger partial charge in [-0.1, -0.05) is 42.5 Å². The zero-order valence-electron chi connectivity index (χ0n) is 17.0. The van der Waals surface area contributed by atoms with Crippen LogP contribution in [0.1, 0.15) is 39.2 Å². The van der Waals surface area contributed by atoms with E-state index in [-0.39, 0.29) is 17.9 Å². The minimum absolute atomic E-state index is 0.0199. The number of hydrogen-bond donors (Lipinski definition) is 1. The summed E-state index contributed by atoms with van der Waals surface area (Å²) >= 11 is 0. The first-order chi connectivity index (χ1) is 13.4. The summed E-state index contributed by atoms with van der Waals surface area (Å²) in [6.07, 6.45) is 5.67. The minimum Gasteiger partial charge on any atom is -0.465 e. The first-order valence-corrected chi connectivity index (χ1v) is 10.0. The largest absolute Gasteiger partial charge is 0.465 e. The molecule has 1 saturated heterocycles. The van der Waals surface area contributed by atoms with Crippen LogP contribution >= 0.6 is 0 Å². The van der Waals surface area contributed by atoms with Crippen LogP contribution in [0, 0.1) is 5.41 Å². The van der Waals surface area contributed by atoms with Gasteiger partial charge in [0.25, 0.3) is 0 Å². The van der Waals surface area contributed by atoms with Gasteiger partial charge in [-0.15, -0.1) is 0 Å². The molecule has 1 fully saturated rings. The summed E-state index contributed by atoms with van der Waals surface area (Å²) in [7, 11) is 0. The SMILES string of the molecule is CCOC(=O)C1(C)C=CC(c2ccccc2)=C(CN2CCC(NC(C)=O)C2)C1. The van der Waals surface area contributed by atoms with Crippen molar-refractivity contribution in [3.8, 4) is 0 Å². The molecule has 0 bridgehead atoms. The van der Waals surface area contributed by atoms with Crippen molar-refractivity contribution in [1.82, 2.24) is 10.2 Å². The molecule has 2 aliphatic rings. The molecule has 0 saturated carbocycles. The average molecular weight is 383 g/mol. The fourth-order valence-corrected chi connectivity index (χ4v) is 4.13. The summed E-state index contributed by atoms with van der Waals surface area (Å²) in [4.78, 5) is 26.3. The average Bonchev–Trinajstić information content (AvgIpc) is 3.09. The third-order valence-corrected chi connectivity index (χ3v) is 5.50. The minimum atomic E-state index is -0.639. The molecular formula is C23H30N2O3. The summed E-state index contributed by atoms with van der Waals surface area (Å²) in [6.45, 7) is 8.31. The fraction of sp³-hybridized carbons (Fsp3) is 0.478. The molecule has 0 radical (unpaired) electrons. The van der Waals surface area contributed by atoms with E-state index in [0.717, 1.165) is 31.6 Å². The van der Waals surface area contributed by atoms with Crippen LogP contribution < -0.4 is 5.32 Å². The molecule has 28 heavy (non-hydrogen) atoms. The summed E-state index contributed by atoms with van der Waals surface area (Å²) in [5.74, 6) is -0.153. The van der Waals surface area contributed by atoms with Crippen molar-refractivity contribution in [1.29, 1.82) is 0 Å². The molecule has 1 aromatic rings. The number of nitrogens with one attached hydrogen (secondary N) is 1. The number of amides is 1. The second-order valence-electron chi connectivity index (χ2n) is 7.95. The Bertz CT molecular complexity index is 784. The van der Waals surface area contributed by atoms with Gasteiger partial charge >= 0.3 is 5.97 Å². The molecule has 0 aromatic heterocycles. The number of hydrogen-bond acceptors (Lipinski definition) is 4. The van der Waals surface area contributed by atoms with E-state index in [2.05, 4.69) is 28.4 Å². The number of carbonyl (C=O) groups is 2. The fourth-order valence-electron chi connectivity index (χ4n) is 4.13. The highest BCUT2D eigenvalue weighted by atomic mass is 16.5. The van der Waals surface area contributed by atoms with E-state index < -0.39 is 5.41 Å². The summed E-state index contributed by atoms with van der Waals surface area (Å²) in [6, 6.07) is 10.5. The Morgan fingerprint density at radius 2 is 2.04 bits per heavy atom. The van der Waals surface area contributed by atoms with Gasteiger partial charge in [-0.2, -0.15) is 0 Å². The van der Waals surface area contributed by atoms with Gasteiger partial charge in [-0.25, -0.2) is 0 Å². The van der Waals surface area contributed by atoms with E-state index in [1.165, 1.54) is 11.1 Å². The Labute approximate surface area is 167 Å². The smallest absolute Gasteiger partial charge is 0.315 e. The van der Waals surface area contributed by atoms with Crippen molar-refractivity contribution >= 4 is 17.4 Å². The highest BCUT2D eigenvalue weighted by Crippen LogP contribution is 2.39. The van der Waals surface area contributed by atoms with Crippen molar-refractivity contribution in [3.05, 3.63) is 53.6 Å². The van der Waals surface area contributed by atoms with Gasteiger partial charge in [0.05, 0.1) is 12.0 Å². The molecule has 5 nitrogen and oxygen atoms in total. The Morgan fingerprint density at radius 1 is 1.29 bits per heavy atom. The normalized spacial score (nSPS) is 25.0. The lowest BCUT2D eigenvalue weighted by Crippen LogP contribution is -2.37. The lowest BCUT2D eigenvalue weighted by atomic mass is 9.76. The molecular weight excluding hydrogens is 352 g/mol. The Balaban J connectivity index is 1.83. The Hall–Kier alpha value is -2.40. The summed E-state index contributed by atoms with van der Waals surface area (Å²) in [5, 5.41) is 3.02. The molecule has 1 N–H and O–H groups in total. The molecule has 2 unspecified atom stereocenters. The van der Waals surface area contributed by atoms with Gasteiger partial charge in [0.15, 0.2) is 0 Å². The third-order valence-electron chi connectivity index (χ3n) is 5.50. The van der Waals surface area contributed by atoms with Crippen LogP contribution in [0.25, 0.3) is 5.57 Å². The van der Waals surface area contributed by atoms with Gasteiger partial charge in [-0.05, 0) is 43.4 Å². The number of likely N-dealkylation sites (tertiary alicyclic amines) is 1. The topological polar surface area (TPSA) is 58.6 Å². The highest BCUT2D eigenvalue weighted by molar-refractivity contribution is 5.85. The van der Waals surface area contributed by atoms with E-state index in [9.17, 15) is 9.59 Å². The van der Waals surface area contributed by atoms with Gasteiger partial charge in [0, 0.05) is 32.6 Å². The maximum absolute atomic E-state index is 12.6. The van der Waals surface area contributed by atoms with Crippen LogP contribution in [-0.2, 0) is 14.3 Å². The molecule has 1 aliphatic heterocycles. The molecule has 1 heterocycles. The number of carbonyl (C=O) groups excluding carboxylic acids is 2. The Morgan fingerprint density at radius 3 is 2.71 bits per heavy atom. The third kappa shape index (κ3) is 4.71. The molecule has 3 rings (SSSR count). The van der Waals surface area contributed by atoms with Crippen LogP contribution in [0.5, 0.6) is 0 Å². The van der Waals surface area contributed by atoms with Crippen LogP contribution in [0.4, 0.5) is 0 Å². The van der Waals surface area contributed by atoms with Gasteiger partial charge in [-0.3, -0.25) is 14.5 Å². The van der Waals surface area contributed by atoms with Gasteiger partial charge in [0.1, 0.15) is 0 Å². The Kier molecular flexibility index (Phi) is 6.35. The molecule has 1 amide bonds. The lowest BCUT2D eigenvalue weighted by Gasteiger charge is -2.32. The van der Waals surface area contributed by atoms with Crippen molar-refractivity contribution in [2.75, 3.05) is 26.2 Å². The number of ether oxygens (including phenoxy) is 1. The molecule has 0 spiro atoms. The van der Waals surface area contributed by atoms with Gasteiger partial charge < -0.3 is 10.1 Å².